The summed E-state index contributed by atoms with van der Waals surface area (Å²) in [5, 5.41) is 0. The number of esters is 1. The highest BCUT2D eigenvalue weighted by Crippen LogP contribution is 2.14. The first-order valence-corrected chi connectivity index (χ1v) is 7.00. The molecule has 0 bridgehead atoms. The minimum Gasteiger partial charge on any atom is -0.492 e. The lowest BCUT2D eigenvalue weighted by Crippen LogP contribution is -2.23. The van der Waals surface area contributed by atoms with Crippen LogP contribution in [0.25, 0.3) is 0 Å². The van der Waals surface area contributed by atoms with Crippen molar-refractivity contribution < 1.29 is 22.7 Å². The van der Waals surface area contributed by atoms with E-state index in [2.05, 4.69) is 4.74 Å². The summed E-state index contributed by atoms with van der Waals surface area (Å²) >= 11 is 0. The molecule has 0 aromatic heterocycles. The van der Waals surface area contributed by atoms with Gasteiger partial charge in [-0.2, -0.15) is 0 Å². The molecule has 0 aliphatic rings. The third-order valence-electron chi connectivity index (χ3n) is 2.09. The summed E-state index contributed by atoms with van der Waals surface area (Å²) in [7, 11) is -2.36. The fraction of sp³-hybridized carbons (Fsp3) is 0.364. The Bertz CT molecular complexity index is 512. The van der Waals surface area contributed by atoms with Gasteiger partial charge >= 0.3 is 5.97 Å². The molecule has 0 aliphatic heterocycles. The van der Waals surface area contributed by atoms with E-state index in [1.165, 1.54) is 0 Å². The Morgan fingerprint density at radius 3 is 2.72 bits per heavy atom. The van der Waals surface area contributed by atoms with Gasteiger partial charge in [0.1, 0.15) is 18.1 Å². The average Bonchev–Trinajstić information content (AvgIpc) is 2.28. The van der Waals surface area contributed by atoms with Crippen molar-refractivity contribution in [2.45, 2.75) is 0 Å². The number of rotatable bonds is 6. The number of benzene rings is 1. The van der Waals surface area contributed by atoms with E-state index < -0.39 is 21.6 Å². The predicted molar refractivity (Wildman–Crippen MR) is 67.0 cm³/mol. The van der Waals surface area contributed by atoms with Crippen LogP contribution in [-0.2, 0) is 19.4 Å². The SMILES string of the molecule is COC(=O)CS(=O)(=O)CCOc1cccc(N)c1. The Labute approximate surface area is 106 Å². The summed E-state index contributed by atoms with van der Waals surface area (Å²) < 4.78 is 32.4. The highest BCUT2D eigenvalue weighted by atomic mass is 32.2. The average molecular weight is 273 g/mol. The molecule has 2 N–H and O–H groups in total. The number of nitrogen functional groups attached to an aromatic ring is 1. The molecule has 100 valence electrons. The standard InChI is InChI=1S/C11H15NO5S/c1-16-11(13)8-18(14,15)6-5-17-10-4-2-3-9(12)7-10/h2-4,7H,5-6,8,12H2,1H3. The van der Waals surface area contributed by atoms with E-state index in [9.17, 15) is 13.2 Å². The molecule has 0 atom stereocenters. The maximum atomic E-state index is 11.5. The summed E-state index contributed by atoms with van der Waals surface area (Å²) in [4.78, 5) is 10.8. The highest BCUT2D eigenvalue weighted by Gasteiger charge is 2.17. The summed E-state index contributed by atoms with van der Waals surface area (Å²) in [6, 6.07) is 6.66. The van der Waals surface area contributed by atoms with E-state index in [1.54, 1.807) is 24.3 Å². The second-order valence-corrected chi connectivity index (χ2v) is 5.77. The largest absolute Gasteiger partial charge is 0.492 e. The molecule has 0 unspecified atom stereocenters. The molecule has 0 amide bonds. The molecule has 0 radical (unpaired) electrons. The topological polar surface area (TPSA) is 95.7 Å². The molecule has 0 heterocycles. The van der Waals surface area contributed by atoms with E-state index in [0.29, 0.717) is 11.4 Å². The lowest BCUT2D eigenvalue weighted by molar-refractivity contribution is -0.137. The van der Waals surface area contributed by atoms with E-state index >= 15 is 0 Å². The van der Waals surface area contributed by atoms with Crippen LogP contribution >= 0.6 is 0 Å². The number of hydrogen-bond acceptors (Lipinski definition) is 6. The molecule has 7 heteroatoms. The van der Waals surface area contributed by atoms with Crippen LogP contribution in [0.5, 0.6) is 5.75 Å². The number of methoxy groups -OCH3 is 1. The summed E-state index contributed by atoms with van der Waals surface area (Å²) in [5.74, 6) is -1.18. The first kappa shape index (κ1) is 14.3. The first-order chi connectivity index (χ1) is 8.43. The van der Waals surface area contributed by atoms with Crippen molar-refractivity contribution in [3.05, 3.63) is 24.3 Å². The molecule has 0 saturated carbocycles. The van der Waals surface area contributed by atoms with Gasteiger partial charge in [-0.1, -0.05) is 6.07 Å². The van der Waals surface area contributed by atoms with Crippen LogP contribution in [0.3, 0.4) is 0 Å². The summed E-state index contributed by atoms with van der Waals surface area (Å²) in [6.45, 7) is -0.0389. The van der Waals surface area contributed by atoms with Gasteiger partial charge in [-0.05, 0) is 12.1 Å². The van der Waals surface area contributed by atoms with Crippen LogP contribution < -0.4 is 10.5 Å². The fourth-order valence-electron chi connectivity index (χ4n) is 1.20. The monoisotopic (exact) mass is 273 g/mol. The summed E-state index contributed by atoms with van der Waals surface area (Å²) in [6.07, 6.45) is 0. The van der Waals surface area contributed by atoms with E-state index in [-0.39, 0.29) is 12.4 Å². The van der Waals surface area contributed by atoms with Crippen LogP contribution in [0.2, 0.25) is 0 Å². The van der Waals surface area contributed by atoms with E-state index in [0.717, 1.165) is 7.11 Å². The van der Waals surface area contributed by atoms with Gasteiger partial charge in [-0.15, -0.1) is 0 Å². The zero-order valence-electron chi connectivity index (χ0n) is 9.96. The summed E-state index contributed by atoms with van der Waals surface area (Å²) in [5.41, 5.74) is 6.07. The maximum absolute atomic E-state index is 11.5. The molecule has 18 heavy (non-hydrogen) atoms. The Kier molecular flexibility index (Phi) is 4.96. The molecule has 1 rings (SSSR count). The zero-order valence-corrected chi connectivity index (χ0v) is 10.8. The maximum Gasteiger partial charge on any atom is 0.320 e. The van der Waals surface area contributed by atoms with Gasteiger partial charge in [0.15, 0.2) is 9.84 Å². The minimum atomic E-state index is -3.50. The second-order valence-electron chi connectivity index (χ2n) is 3.59. The van der Waals surface area contributed by atoms with Crippen LogP contribution in [0.15, 0.2) is 24.3 Å². The molecule has 0 spiro atoms. The highest BCUT2D eigenvalue weighted by molar-refractivity contribution is 7.92. The quantitative estimate of drug-likeness (QED) is 0.589. The van der Waals surface area contributed by atoms with Crippen molar-refractivity contribution in [1.29, 1.82) is 0 Å². The number of ether oxygens (including phenoxy) is 2. The van der Waals surface area contributed by atoms with Crippen molar-refractivity contribution in [3.8, 4) is 5.75 Å². The fourth-order valence-corrected chi connectivity index (χ4v) is 2.16. The van der Waals surface area contributed by atoms with Gasteiger partial charge in [-0.3, -0.25) is 4.79 Å². The number of anilines is 1. The van der Waals surface area contributed by atoms with Crippen LogP contribution in [0, 0.1) is 0 Å². The number of nitrogens with two attached hydrogens (primary N) is 1. The number of carbonyl (C=O) groups is 1. The third kappa shape index (κ3) is 5.05. The molecular weight excluding hydrogens is 258 g/mol. The Morgan fingerprint density at radius 2 is 2.11 bits per heavy atom. The first-order valence-electron chi connectivity index (χ1n) is 5.18. The van der Waals surface area contributed by atoms with Gasteiger partial charge in [0.2, 0.25) is 0 Å². The van der Waals surface area contributed by atoms with Gasteiger partial charge in [0.05, 0.1) is 12.9 Å². The van der Waals surface area contributed by atoms with Crippen molar-refractivity contribution in [1.82, 2.24) is 0 Å². The minimum absolute atomic E-state index is 0.0389. The third-order valence-corrected chi connectivity index (χ3v) is 3.55. The van der Waals surface area contributed by atoms with Gasteiger partial charge in [0, 0.05) is 11.8 Å². The smallest absolute Gasteiger partial charge is 0.320 e. The van der Waals surface area contributed by atoms with Gasteiger partial charge in [-0.25, -0.2) is 8.42 Å². The molecule has 0 fully saturated rings. The molecule has 1 aromatic carbocycles. The lowest BCUT2D eigenvalue weighted by Gasteiger charge is -2.07. The Hall–Kier alpha value is -1.76. The normalized spacial score (nSPS) is 10.9. The number of sulfone groups is 1. The second kappa shape index (κ2) is 6.25. The number of carbonyl (C=O) groups excluding carboxylic acids is 1. The van der Waals surface area contributed by atoms with Crippen molar-refractivity contribution in [3.63, 3.8) is 0 Å². The van der Waals surface area contributed by atoms with Crippen molar-refractivity contribution in [2.24, 2.45) is 0 Å². The number of hydrogen-bond donors (Lipinski definition) is 1. The van der Waals surface area contributed by atoms with Gasteiger partial charge < -0.3 is 15.2 Å². The molecular formula is C11H15NO5S. The van der Waals surface area contributed by atoms with Crippen molar-refractivity contribution in [2.75, 3.05) is 31.0 Å². The van der Waals surface area contributed by atoms with Gasteiger partial charge in [0.25, 0.3) is 0 Å². The Balaban J connectivity index is 2.44. The Morgan fingerprint density at radius 1 is 1.39 bits per heavy atom. The van der Waals surface area contributed by atoms with Crippen molar-refractivity contribution >= 4 is 21.5 Å². The van der Waals surface area contributed by atoms with Crippen LogP contribution in [0.4, 0.5) is 5.69 Å². The zero-order chi connectivity index (χ0) is 13.6. The molecule has 0 aliphatic carbocycles. The molecule has 0 saturated heterocycles. The van der Waals surface area contributed by atoms with Crippen LogP contribution in [-0.4, -0.2) is 39.6 Å². The molecule has 1 aromatic rings. The van der Waals surface area contributed by atoms with E-state index in [1.807, 2.05) is 0 Å². The van der Waals surface area contributed by atoms with E-state index in [4.69, 9.17) is 10.5 Å². The molecule has 6 nitrogen and oxygen atoms in total. The predicted octanol–water partition coefficient (Wildman–Crippen LogP) is 0.235. The van der Waals surface area contributed by atoms with Crippen LogP contribution in [0.1, 0.15) is 0 Å². The lowest BCUT2D eigenvalue weighted by atomic mass is 10.3.